The van der Waals surface area contributed by atoms with Crippen LogP contribution in [0.5, 0.6) is 0 Å². The fourth-order valence-corrected chi connectivity index (χ4v) is 2.28. The minimum atomic E-state index is 0.587. The molecule has 2 aliphatic rings. The van der Waals surface area contributed by atoms with E-state index in [1.807, 2.05) is 6.92 Å². The molecule has 0 bridgehead atoms. The molecule has 2 heterocycles. The third-order valence-corrected chi connectivity index (χ3v) is 3.65. The number of anilines is 3. The van der Waals surface area contributed by atoms with Crippen molar-refractivity contribution in [3.8, 4) is 0 Å². The third kappa shape index (κ3) is 2.92. The normalized spacial score (nSPS) is 19.0. The summed E-state index contributed by atoms with van der Waals surface area (Å²) < 4.78 is 5.39. The fraction of sp³-hybridized carbons (Fsp3) is 0.769. The van der Waals surface area contributed by atoms with Gasteiger partial charge in [-0.05, 0) is 19.8 Å². The van der Waals surface area contributed by atoms with Crippen LogP contribution in [0.25, 0.3) is 0 Å². The largest absolute Gasteiger partial charge is 0.378 e. The highest BCUT2D eigenvalue weighted by Gasteiger charge is 2.29. The van der Waals surface area contributed by atoms with Crippen molar-refractivity contribution in [1.82, 2.24) is 15.0 Å². The lowest BCUT2D eigenvalue weighted by molar-refractivity contribution is 0.122. The molecule has 3 rings (SSSR count). The summed E-state index contributed by atoms with van der Waals surface area (Å²) in [5.74, 6) is 2.17. The number of morpholine rings is 1. The molecule has 0 atom stereocenters. The Morgan fingerprint density at radius 2 is 2.00 bits per heavy atom. The highest BCUT2D eigenvalue weighted by Crippen LogP contribution is 2.29. The van der Waals surface area contributed by atoms with Gasteiger partial charge in [-0.25, -0.2) is 0 Å². The van der Waals surface area contributed by atoms with Gasteiger partial charge in [-0.1, -0.05) is 0 Å². The van der Waals surface area contributed by atoms with Crippen LogP contribution in [0.2, 0.25) is 0 Å². The van der Waals surface area contributed by atoms with Crippen LogP contribution in [0.15, 0.2) is 0 Å². The number of nitrogens with zero attached hydrogens (tertiary/aromatic N) is 5. The molecule has 1 aliphatic heterocycles. The molecular weight excluding hydrogens is 256 g/mol. The Morgan fingerprint density at radius 1 is 1.25 bits per heavy atom. The number of nitrogens with one attached hydrogen (secondary N) is 1. The summed E-state index contributed by atoms with van der Waals surface area (Å²) in [6.07, 6.45) is 2.46. The average Bonchev–Trinajstić information content (AvgIpc) is 3.32. The van der Waals surface area contributed by atoms with E-state index in [1.165, 1.54) is 12.8 Å². The monoisotopic (exact) mass is 278 g/mol. The van der Waals surface area contributed by atoms with Crippen molar-refractivity contribution in [3.63, 3.8) is 0 Å². The van der Waals surface area contributed by atoms with Gasteiger partial charge in [0.15, 0.2) is 0 Å². The Bertz CT molecular complexity index is 458. The van der Waals surface area contributed by atoms with Gasteiger partial charge in [-0.2, -0.15) is 15.0 Å². The van der Waals surface area contributed by atoms with Crippen molar-refractivity contribution in [1.29, 1.82) is 0 Å². The lowest BCUT2D eigenvalue weighted by Gasteiger charge is -2.28. The molecular formula is C13H22N6O. The predicted molar refractivity (Wildman–Crippen MR) is 78.4 cm³/mol. The number of hydrogen-bond acceptors (Lipinski definition) is 7. The fourth-order valence-electron chi connectivity index (χ4n) is 2.28. The predicted octanol–water partition coefficient (Wildman–Crippen LogP) is 0.739. The van der Waals surface area contributed by atoms with Crippen LogP contribution in [0.1, 0.15) is 19.8 Å². The molecule has 110 valence electrons. The molecule has 1 N–H and O–H groups in total. The molecule has 0 aromatic carbocycles. The van der Waals surface area contributed by atoms with Crippen molar-refractivity contribution in [3.05, 3.63) is 0 Å². The summed E-state index contributed by atoms with van der Waals surface area (Å²) >= 11 is 0. The molecule has 2 fully saturated rings. The minimum Gasteiger partial charge on any atom is -0.378 e. The van der Waals surface area contributed by atoms with Crippen molar-refractivity contribution in [2.45, 2.75) is 25.8 Å². The molecule has 1 saturated carbocycles. The van der Waals surface area contributed by atoms with Gasteiger partial charge < -0.3 is 19.9 Å². The van der Waals surface area contributed by atoms with Gasteiger partial charge in [0.25, 0.3) is 0 Å². The number of aromatic nitrogens is 3. The van der Waals surface area contributed by atoms with E-state index in [0.717, 1.165) is 44.7 Å². The summed E-state index contributed by atoms with van der Waals surface area (Å²) in [4.78, 5) is 18.0. The second kappa shape index (κ2) is 5.78. The maximum Gasteiger partial charge on any atom is 0.232 e. The molecule has 0 spiro atoms. The molecule has 7 heteroatoms. The molecule has 1 aromatic rings. The van der Waals surface area contributed by atoms with Gasteiger partial charge in [-0.15, -0.1) is 0 Å². The zero-order chi connectivity index (χ0) is 13.9. The molecule has 1 aliphatic carbocycles. The Kier molecular flexibility index (Phi) is 3.86. The van der Waals surface area contributed by atoms with Crippen molar-refractivity contribution in [2.75, 3.05) is 55.0 Å². The molecule has 20 heavy (non-hydrogen) atoms. The average molecular weight is 278 g/mol. The van der Waals surface area contributed by atoms with Crippen LogP contribution < -0.4 is 15.1 Å². The van der Waals surface area contributed by atoms with Gasteiger partial charge in [0.1, 0.15) is 0 Å². The van der Waals surface area contributed by atoms with Crippen molar-refractivity contribution < 1.29 is 4.74 Å². The van der Waals surface area contributed by atoms with Crippen LogP contribution in [0, 0.1) is 0 Å². The van der Waals surface area contributed by atoms with Gasteiger partial charge >= 0.3 is 0 Å². The molecule has 7 nitrogen and oxygen atoms in total. The van der Waals surface area contributed by atoms with Crippen LogP contribution in [-0.2, 0) is 4.74 Å². The van der Waals surface area contributed by atoms with E-state index in [2.05, 4.69) is 37.1 Å². The first-order chi connectivity index (χ1) is 9.78. The van der Waals surface area contributed by atoms with E-state index in [1.54, 1.807) is 0 Å². The number of ether oxygens (including phenoxy) is 1. The Labute approximate surface area is 119 Å². The Morgan fingerprint density at radius 3 is 2.65 bits per heavy atom. The Hall–Kier alpha value is -1.63. The van der Waals surface area contributed by atoms with Crippen molar-refractivity contribution in [2.24, 2.45) is 0 Å². The SMILES string of the molecule is CCNc1nc(N2CCOCC2)nc(N(C)C2CC2)n1. The highest BCUT2D eigenvalue weighted by molar-refractivity contribution is 5.46. The summed E-state index contributed by atoms with van der Waals surface area (Å²) in [6.45, 7) is 5.98. The minimum absolute atomic E-state index is 0.587. The molecule has 0 unspecified atom stereocenters. The van der Waals surface area contributed by atoms with E-state index in [0.29, 0.717) is 12.0 Å². The summed E-state index contributed by atoms with van der Waals surface area (Å²) in [7, 11) is 2.06. The summed E-state index contributed by atoms with van der Waals surface area (Å²) in [5.41, 5.74) is 0. The first-order valence-electron chi connectivity index (χ1n) is 7.33. The summed E-state index contributed by atoms with van der Waals surface area (Å²) in [6, 6.07) is 0.587. The van der Waals surface area contributed by atoms with Crippen LogP contribution >= 0.6 is 0 Å². The zero-order valence-corrected chi connectivity index (χ0v) is 12.2. The molecule has 0 radical (unpaired) electrons. The maximum atomic E-state index is 5.39. The lowest BCUT2D eigenvalue weighted by atomic mass is 10.4. The van der Waals surface area contributed by atoms with Gasteiger partial charge in [-0.3, -0.25) is 0 Å². The van der Waals surface area contributed by atoms with Crippen LogP contribution in [0.4, 0.5) is 17.8 Å². The highest BCUT2D eigenvalue weighted by atomic mass is 16.5. The first kappa shape index (κ1) is 13.4. The Balaban J connectivity index is 1.86. The third-order valence-electron chi connectivity index (χ3n) is 3.65. The number of rotatable bonds is 5. The maximum absolute atomic E-state index is 5.39. The van der Waals surface area contributed by atoms with Gasteiger partial charge in [0, 0.05) is 32.7 Å². The quantitative estimate of drug-likeness (QED) is 0.852. The second-order valence-electron chi connectivity index (χ2n) is 5.23. The van der Waals surface area contributed by atoms with Crippen LogP contribution in [-0.4, -0.2) is 60.9 Å². The van der Waals surface area contributed by atoms with E-state index in [-0.39, 0.29) is 0 Å². The second-order valence-corrected chi connectivity index (χ2v) is 5.23. The first-order valence-corrected chi connectivity index (χ1v) is 7.33. The van der Waals surface area contributed by atoms with Crippen molar-refractivity contribution >= 4 is 17.8 Å². The topological polar surface area (TPSA) is 66.4 Å². The van der Waals surface area contributed by atoms with E-state index < -0.39 is 0 Å². The standard InChI is InChI=1S/C13H22N6O/c1-3-14-11-15-12(18(2)10-4-5-10)17-13(16-11)19-6-8-20-9-7-19/h10H,3-9H2,1-2H3,(H,14,15,16,17). The lowest BCUT2D eigenvalue weighted by Crippen LogP contribution is -2.38. The summed E-state index contributed by atoms with van der Waals surface area (Å²) in [5, 5.41) is 3.19. The van der Waals surface area contributed by atoms with E-state index in [9.17, 15) is 0 Å². The smallest absolute Gasteiger partial charge is 0.232 e. The van der Waals surface area contributed by atoms with Gasteiger partial charge in [0.05, 0.1) is 13.2 Å². The van der Waals surface area contributed by atoms with E-state index >= 15 is 0 Å². The molecule has 0 amide bonds. The van der Waals surface area contributed by atoms with Crippen LogP contribution in [0.3, 0.4) is 0 Å². The molecule has 1 aromatic heterocycles. The van der Waals surface area contributed by atoms with Gasteiger partial charge in [0.2, 0.25) is 17.8 Å². The molecule has 1 saturated heterocycles. The zero-order valence-electron chi connectivity index (χ0n) is 12.2. The van der Waals surface area contributed by atoms with E-state index in [4.69, 9.17) is 4.74 Å². The number of hydrogen-bond donors (Lipinski definition) is 1.